The molecule has 0 saturated heterocycles. The number of benzene rings is 3. The van der Waals surface area contributed by atoms with E-state index in [0.29, 0.717) is 17.0 Å². The highest BCUT2D eigenvalue weighted by Gasteiger charge is 2.21. The second-order valence-corrected chi connectivity index (χ2v) is 8.69. The van der Waals surface area contributed by atoms with Gasteiger partial charge in [0.25, 0.3) is 0 Å². The summed E-state index contributed by atoms with van der Waals surface area (Å²) < 4.78 is 6.57. The minimum atomic E-state index is -0.496. The van der Waals surface area contributed by atoms with Gasteiger partial charge in [-0.15, -0.1) is 11.3 Å². The maximum atomic E-state index is 13.0. The Hall–Kier alpha value is -3.88. The van der Waals surface area contributed by atoms with Crippen molar-refractivity contribution in [1.29, 1.82) is 0 Å². The fraction of sp³-hybridized carbons (Fsp3) is 0.0800. The average Bonchev–Trinajstić information content (AvgIpc) is 3.24. The Balaban J connectivity index is 1.55. The third-order valence-electron chi connectivity index (χ3n) is 5.21. The number of hydrazone groups is 1. The highest BCUT2D eigenvalue weighted by molar-refractivity contribution is 7.17. The molecule has 0 bridgehead atoms. The van der Waals surface area contributed by atoms with Gasteiger partial charge in [-0.1, -0.05) is 29.8 Å². The number of carbonyl (C=O) groups is 2. The maximum absolute atomic E-state index is 13.0. The van der Waals surface area contributed by atoms with E-state index in [-0.39, 0.29) is 34.4 Å². The fourth-order valence-corrected chi connectivity index (χ4v) is 4.69. The molecule has 0 aliphatic rings. The number of carbonyl (C=O) groups excluding carboxylic acids is 2. The van der Waals surface area contributed by atoms with E-state index in [2.05, 4.69) is 10.4 Å². The summed E-state index contributed by atoms with van der Waals surface area (Å²) in [4.78, 5) is 25.7. The quantitative estimate of drug-likeness (QED) is 0.145. The molecule has 34 heavy (non-hydrogen) atoms. The molecular weight excluding hydrogens is 474 g/mol. The number of nitrogens with zero attached hydrogens (tertiary/aromatic N) is 1. The van der Waals surface area contributed by atoms with E-state index < -0.39 is 5.78 Å². The molecule has 9 heteroatoms. The molecule has 0 saturated carbocycles. The number of fused-ring (bicyclic) bond motifs is 1. The van der Waals surface area contributed by atoms with Crippen molar-refractivity contribution in [2.45, 2.75) is 6.42 Å². The van der Waals surface area contributed by atoms with Gasteiger partial charge in [0, 0.05) is 27.6 Å². The van der Waals surface area contributed by atoms with Gasteiger partial charge >= 0.3 is 0 Å². The van der Waals surface area contributed by atoms with Gasteiger partial charge in [-0.2, -0.15) is 5.10 Å². The van der Waals surface area contributed by atoms with Crippen LogP contribution in [0.25, 0.3) is 10.1 Å². The number of aromatic hydroxyl groups is 1. The second kappa shape index (κ2) is 9.94. The summed E-state index contributed by atoms with van der Waals surface area (Å²) in [6.07, 6.45) is 0.226. The van der Waals surface area contributed by atoms with Crippen molar-refractivity contribution < 1.29 is 19.4 Å². The number of rotatable bonds is 7. The van der Waals surface area contributed by atoms with Gasteiger partial charge in [0.2, 0.25) is 11.7 Å². The molecule has 4 rings (SSSR count). The molecule has 0 radical (unpaired) electrons. The Morgan fingerprint density at radius 1 is 1.15 bits per heavy atom. The molecule has 0 fully saturated rings. The first kappa shape index (κ1) is 23.3. The predicted octanol–water partition coefficient (Wildman–Crippen LogP) is 5.00. The Morgan fingerprint density at radius 3 is 2.68 bits per heavy atom. The van der Waals surface area contributed by atoms with Crippen molar-refractivity contribution in [2.75, 3.05) is 12.4 Å². The number of methoxy groups -OCH3 is 1. The van der Waals surface area contributed by atoms with E-state index in [0.717, 1.165) is 15.6 Å². The number of nitrogens with one attached hydrogen (secondary N) is 1. The molecule has 0 spiro atoms. The number of phenols is 1. The number of amides is 1. The van der Waals surface area contributed by atoms with E-state index in [1.54, 1.807) is 29.5 Å². The lowest BCUT2D eigenvalue weighted by atomic mass is 9.99. The van der Waals surface area contributed by atoms with Crippen molar-refractivity contribution in [3.63, 3.8) is 0 Å². The monoisotopic (exact) mass is 493 g/mol. The summed E-state index contributed by atoms with van der Waals surface area (Å²) >= 11 is 7.52. The molecule has 4 aromatic rings. The largest absolute Gasteiger partial charge is 0.506 e. The van der Waals surface area contributed by atoms with Crippen molar-refractivity contribution in [3.05, 3.63) is 87.8 Å². The number of hydrogen-bond donors (Lipinski definition) is 3. The summed E-state index contributed by atoms with van der Waals surface area (Å²) in [6, 6.07) is 16.8. The van der Waals surface area contributed by atoms with E-state index >= 15 is 0 Å². The number of Topliss-reactive ketones (excluding diaryl/α,β-unsaturated/α-hetero) is 1. The number of ketones is 1. The lowest BCUT2D eigenvalue weighted by Gasteiger charge is -2.13. The number of thiophene rings is 1. The van der Waals surface area contributed by atoms with Crippen LogP contribution in [-0.4, -0.2) is 29.6 Å². The molecule has 0 aliphatic heterocycles. The van der Waals surface area contributed by atoms with Crippen molar-refractivity contribution >= 4 is 56.1 Å². The Bertz CT molecular complexity index is 1430. The number of halogens is 1. The topological polar surface area (TPSA) is 114 Å². The zero-order valence-corrected chi connectivity index (χ0v) is 19.6. The van der Waals surface area contributed by atoms with Crippen molar-refractivity contribution in [2.24, 2.45) is 10.9 Å². The second-order valence-electron chi connectivity index (χ2n) is 7.37. The molecule has 1 aromatic heterocycles. The number of ether oxygens (including phenoxy) is 1. The van der Waals surface area contributed by atoms with Gasteiger partial charge in [0.1, 0.15) is 17.2 Å². The number of anilines is 1. The molecule has 0 atom stereocenters. The molecular formula is C25H20ClN3O4S. The predicted molar refractivity (Wildman–Crippen MR) is 135 cm³/mol. The van der Waals surface area contributed by atoms with Crippen LogP contribution >= 0.6 is 22.9 Å². The molecule has 1 amide bonds. The molecule has 7 nitrogen and oxygen atoms in total. The summed E-state index contributed by atoms with van der Waals surface area (Å²) in [7, 11) is 1.44. The Labute approximate surface area is 204 Å². The number of nitrogens with two attached hydrogens (primary N) is 1. The van der Waals surface area contributed by atoms with Crippen molar-refractivity contribution in [3.8, 4) is 11.5 Å². The van der Waals surface area contributed by atoms with Crippen molar-refractivity contribution in [1.82, 2.24) is 0 Å². The van der Waals surface area contributed by atoms with Gasteiger partial charge in [-0.05, 0) is 52.7 Å². The molecule has 0 aliphatic carbocycles. The zero-order valence-electron chi connectivity index (χ0n) is 18.0. The summed E-state index contributed by atoms with van der Waals surface area (Å²) in [5.74, 6) is 5.02. The molecule has 0 unspecified atom stereocenters. The first-order valence-corrected chi connectivity index (χ1v) is 11.4. The third kappa shape index (κ3) is 4.73. The summed E-state index contributed by atoms with van der Waals surface area (Å²) in [5.41, 5.74) is 1.95. The standard InChI is InChI=1S/C25H20ClN3O4S/c1-33-21-12-16(28-23(31)11-15-13-34-22-5-3-2-4-17(15)22)7-8-18(21)24(29-27)25(32)14-6-9-20(30)19(26)10-14/h2-10,12-13,30H,11,27H2,1H3,(H,28,31)/b29-24+. The molecule has 172 valence electrons. The van der Waals surface area contributed by atoms with Crippen LogP contribution in [0.3, 0.4) is 0 Å². The van der Waals surface area contributed by atoms with Crippen LogP contribution in [0.15, 0.2) is 71.1 Å². The van der Waals surface area contributed by atoms with Crippen LogP contribution < -0.4 is 15.9 Å². The van der Waals surface area contributed by atoms with Crippen LogP contribution in [-0.2, 0) is 11.2 Å². The SMILES string of the molecule is COc1cc(NC(=O)Cc2csc3ccccc23)ccc1/C(=N\N)C(=O)c1ccc(O)c(Cl)c1. The summed E-state index contributed by atoms with van der Waals surface area (Å²) in [6.45, 7) is 0. The van der Waals surface area contributed by atoms with Gasteiger partial charge in [-0.25, -0.2) is 0 Å². The minimum absolute atomic E-state index is 0.0330. The molecule has 3 aromatic carbocycles. The first-order valence-electron chi connectivity index (χ1n) is 10.2. The summed E-state index contributed by atoms with van der Waals surface area (Å²) in [5, 5.41) is 19.2. The highest BCUT2D eigenvalue weighted by atomic mass is 35.5. The highest BCUT2D eigenvalue weighted by Crippen LogP contribution is 2.29. The number of hydrogen-bond acceptors (Lipinski definition) is 7. The normalized spacial score (nSPS) is 11.4. The smallest absolute Gasteiger partial charge is 0.228 e. The van der Waals surface area contributed by atoms with Crippen LogP contribution in [0.1, 0.15) is 21.5 Å². The van der Waals surface area contributed by atoms with Crippen LogP contribution in [0, 0.1) is 0 Å². The van der Waals surface area contributed by atoms with Crippen LogP contribution in [0.2, 0.25) is 5.02 Å². The molecule has 1 heterocycles. The minimum Gasteiger partial charge on any atom is -0.506 e. The third-order valence-corrected chi connectivity index (χ3v) is 6.52. The zero-order chi connectivity index (χ0) is 24.2. The van der Waals surface area contributed by atoms with Gasteiger partial charge < -0.3 is 21.0 Å². The first-order chi connectivity index (χ1) is 16.4. The lowest BCUT2D eigenvalue weighted by Crippen LogP contribution is -2.19. The van der Waals surface area contributed by atoms with E-state index in [9.17, 15) is 14.7 Å². The Morgan fingerprint density at radius 2 is 1.94 bits per heavy atom. The van der Waals surface area contributed by atoms with Gasteiger partial charge in [-0.3, -0.25) is 9.59 Å². The van der Waals surface area contributed by atoms with E-state index in [4.69, 9.17) is 22.2 Å². The van der Waals surface area contributed by atoms with E-state index in [1.165, 1.54) is 25.3 Å². The van der Waals surface area contributed by atoms with Gasteiger partial charge in [0.05, 0.1) is 18.6 Å². The number of phenolic OH excluding ortho intramolecular Hbond substituents is 1. The van der Waals surface area contributed by atoms with Crippen LogP contribution in [0.5, 0.6) is 11.5 Å². The fourth-order valence-electron chi connectivity index (χ4n) is 3.55. The van der Waals surface area contributed by atoms with Crippen LogP contribution in [0.4, 0.5) is 5.69 Å². The van der Waals surface area contributed by atoms with Gasteiger partial charge in [0.15, 0.2) is 0 Å². The van der Waals surface area contributed by atoms with E-state index in [1.807, 2.05) is 29.6 Å². The Kier molecular flexibility index (Phi) is 6.81. The lowest BCUT2D eigenvalue weighted by molar-refractivity contribution is -0.115. The maximum Gasteiger partial charge on any atom is 0.228 e. The molecule has 4 N–H and O–H groups in total. The average molecular weight is 494 g/mol.